The van der Waals surface area contributed by atoms with E-state index in [1.807, 2.05) is 36.4 Å². The smallest absolute Gasteiger partial charge is 0.261 e. The molecule has 0 atom stereocenters. The van der Waals surface area contributed by atoms with Gasteiger partial charge < -0.3 is 10.1 Å². The number of benzene rings is 3. The number of carbonyl (C=O) groups is 1. The molecule has 154 valence electrons. The maximum atomic E-state index is 12.8. The van der Waals surface area contributed by atoms with Gasteiger partial charge in [-0.05, 0) is 54.2 Å². The van der Waals surface area contributed by atoms with Crippen molar-refractivity contribution in [2.24, 2.45) is 0 Å². The first-order chi connectivity index (χ1) is 14.4. The number of hydrogen-bond acceptors (Lipinski definition) is 3. The molecule has 0 aliphatic heterocycles. The molecule has 0 aromatic heterocycles. The molecule has 0 heterocycles. The zero-order valence-corrected chi connectivity index (χ0v) is 19.5. The minimum Gasteiger partial charge on any atom is -0.492 e. The van der Waals surface area contributed by atoms with Gasteiger partial charge in [-0.15, -0.1) is 0 Å². The lowest BCUT2D eigenvalue weighted by Crippen LogP contribution is -2.34. The summed E-state index contributed by atoms with van der Waals surface area (Å²) < 4.78 is 6.62. The van der Waals surface area contributed by atoms with Gasteiger partial charge in [-0.1, -0.05) is 69.5 Å². The second-order valence-electron chi connectivity index (χ2n) is 6.26. The fourth-order valence-electron chi connectivity index (χ4n) is 2.64. The molecule has 0 saturated carbocycles. The zero-order chi connectivity index (χ0) is 21.5. The molecule has 3 aromatic carbocycles. The molecule has 3 aromatic rings. The van der Waals surface area contributed by atoms with Gasteiger partial charge in [0.05, 0.1) is 22.2 Å². The van der Waals surface area contributed by atoms with Gasteiger partial charge in [0.1, 0.15) is 5.75 Å². The van der Waals surface area contributed by atoms with E-state index in [9.17, 15) is 4.79 Å². The molecule has 4 nitrogen and oxygen atoms in total. The molecule has 0 spiro atoms. The van der Waals surface area contributed by atoms with Crippen LogP contribution in [0.1, 0.15) is 15.9 Å². The summed E-state index contributed by atoms with van der Waals surface area (Å²) in [6.45, 7) is 0.442. The summed E-state index contributed by atoms with van der Waals surface area (Å²) in [5.74, 6) is 0.0903. The number of rotatable bonds is 6. The lowest BCUT2D eigenvalue weighted by molar-refractivity contribution is 0.0973. The summed E-state index contributed by atoms with van der Waals surface area (Å²) in [4.78, 5) is 12.8. The van der Waals surface area contributed by atoms with E-state index in [-0.39, 0.29) is 11.0 Å². The number of carbonyl (C=O) groups excluding carboxylic acids is 1. The first-order valence-electron chi connectivity index (χ1n) is 8.96. The number of amides is 1. The molecule has 0 aliphatic carbocycles. The van der Waals surface area contributed by atoms with Crippen LogP contribution < -0.4 is 15.4 Å². The maximum absolute atomic E-state index is 12.8. The fraction of sp³-hybridized carbons (Fsp3) is 0.0909. The molecule has 0 saturated heterocycles. The van der Waals surface area contributed by atoms with Gasteiger partial charge in [0.2, 0.25) is 0 Å². The summed E-state index contributed by atoms with van der Waals surface area (Å²) in [5.41, 5.74) is 2.15. The van der Waals surface area contributed by atoms with Crippen molar-refractivity contribution < 1.29 is 9.53 Å². The summed E-state index contributed by atoms with van der Waals surface area (Å²) in [6.07, 6.45) is 0.731. The van der Waals surface area contributed by atoms with Crippen LogP contribution in [0.5, 0.6) is 5.75 Å². The number of anilines is 1. The molecule has 8 heteroatoms. The molecule has 0 radical (unpaired) electrons. The van der Waals surface area contributed by atoms with Gasteiger partial charge in [0.25, 0.3) is 5.91 Å². The van der Waals surface area contributed by atoms with Crippen molar-refractivity contribution in [2.45, 2.75) is 6.42 Å². The quantitative estimate of drug-likeness (QED) is 0.362. The second kappa shape index (κ2) is 10.8. The van der Waals surface area contributed by atoms with E-state index >= 15 is 0 Å². The summed E-state index contributed by atoms with van der Waals surface area (Å²) >= 11 is 20.6. The highest BCUT2D eigenvalue weighted by atomic mass is 79.9. The maximum Gasteiger partial charge on any atom is 0.261 e. The lowest BCUT2D eigenvalue weighted by Gasteiger charge is -2.14. The standard InChI is InChI=1S/C22H17BrCl2N2O2S/c23-15-6-9-20(29-11-10-14-4-2-1-3-5-14)17(12-15)21(28)27-22(30)26-16-7-8-18(24)19(25)13-16/h1-9,12-13H,10-11H2,(H2,26,27,28,30). The van der Waals surface area contributed by atoms with E-state index in [0.717, 1.165) is 16.5 Å². The Bertz CT molecular complexity index is 1060. The van der Waals surface area contributed by atoms with Crippen molar-refractivity contribution in [3.8, 4) is 5.75 Å². The van der Waals surface area contributed by atoms with E-state index in [1.54, 1.807) is 30.3 Å². The third-order valence-electron chi connectivity index (χ3n) is 4.08. The van der Waals surface area contributed by atoms with Crippen LogP contribution in [0.2, 0.25) is 10.0 Å². The van der Waals surface area contributed by atoms with Crippen molar-refractivity contribution in [2.75, 3.05) is 11.9 Å². The second-order valence-corrected chi connectivity index (χ2v) is 8.40. The predicted molar refractivity (Wildman–Crippen MR) is 130 cm³/mol. The van der Waals surface area contributed by atoms with E-state index in [1.165, 1.54) is 0 Å². The monoisotopic (exact) mass is 522 g/mol. The first-order valence-corrected chi connectivity index (χ1v) is 10.9. The number of hydrogen-bond donors (Lipinski definition) is 2. The molecule has 0 bridgehead atoms. The minimum absolute atomic E-state index is 0.133. The topological polar surface area (TPSA) is 50.4 Å². The fourth-order valence-corrected chi connectivity index (χ4v) is 3.51. The van der Waals surface area contributed by atoms with Crippen LogP contribution >= 0.6 is 51.3 Å². The predicted octanol–water partition coefficient (Wildman–Crippen LogP) is 6.50. The van der Waals surface area contributed by atoms with Crippen LogP contribution in [0.25, 0.3) is 0 Å². The van der Waals surface area contributed by atoms with E-state index in [4.69, 9.17) is 40.2 Å². The Morgan fingerprint density at radius 3 is 2.50 bits per heavy atom. The van der Waals surface area contributed by atoms with Crippen LogP contribution in [0.4, 0.5) is 5.69 Å². The van der Waals surface area contributed by atoms with E-state index < -0.39 is 0 Å². The summed E-state index contributed by atoms with van der Waals surface area (Å²) in [5, 5.41) is 6.53. The Kier molecular flexibility index (Phi) is 8.10. The molecule has 0 fully saturated rings. The largest absolute Gasteiger partial charge is 0.492 e. The van der Waals surface area contributed by atoms with Crippen LogP contribution in [0.15, 0.2) is 71.2 Å². The van der Waals surface area contributed by atoms with Gasteiger partial charge in [-0.3, -0.25) is 10.1 Å². The normalized spacial score (nSPS) is 10.4. The Morgan fingerprint density at radius 1 is 1.00 bits per heavy atom. The van der Waals surface area contributed by atoms with Crippen molar-refractivity contribution in [3.63, 3.8) is 0 Å². The number of ether oxygens (including phenoxy) is 1. The highest BCUT2D eigenvalue weighted by Gasteiger charge is 2.15. The Hall–Kier alpha value is -2.12. The van der Waals surface area contributed by atoms with Gasteiger partial charge in [-0.25, -0.2) is 0 Å². The van der Waals surface area contributed by atoms with Crippen molar-refractivity contribution in [1.82, 2.24) is 5.32 Å². The van der Waals surface area contributed by atoms with Gasteiger partial charge >= 0.3 is 0 Å². The molecule has 30 heavy (non-hydrogen) atoms. The SMILES string of the molecule is O=C(NC(=S)Nc1ccc(Cl)c(Cl)c1)c1cc(Br)ccc1OCCc1ccccc1. The molecule has 0 unspecified atom stereocenters. The van der Waals surface area contributed by atoms with Crippen LogP contribution in [-0.2, 0) is 6.42 Å². The third kappa shape index (κ3) is 6.44. The molecule has 1 amide bonds. The molecule has 2 N–H and O–H groups in total. The van der Waals surface area contributed by atoms with Crippen molar-refractivity contribution in [1.29, 1.82) is 0 Å². The van der Waals surface area contributed by atoms with E-state index in [0.29, 0.717) is 33.7 Å². The summed E-state index contributed by atoms with van der Waals surface area (Å²) in [6, 6.07) is 20.2. The van der Waals surface area contributed by atoms with Crippen LogP contribution in [0, 0.1) is 0 Å². The van der Waals surface area contributed by atoms with Crippen molar-refractivity contribution >= 4 is 68.1 Å². The van der Waals surface area contributed by atoms with Crippen molar-refractivity contribution in [3.05, 3.63) is 92.4 Å². The lowest BCUT2D eigenvalue weighted by atomic mass is 10.1. The van der Waals surface area contributed by atoms with Gasteiger partial charge in [0, 0.05) is 16.6 Å². The highest BCUT2D eigenvalue weighted by molar-refractivity contribution is 9.10. The van der Waals surface area contributed by atoms with Gasteiger partial charge in [0.15, 0.2) is 5.11 Å². The van der Waals surface area contributed by atoms with E-state index in [2.05, 4.69) is 26.6 Å². The molecular formula is C22H17BrCl2N2O2S. The van der Waals surface area contributed by atoms with Crippen LogP contribution in [-0.4, -0.2) is 17.6 Å². The number of thiocarbonyl (C=S) groups is 1. The zero-order valence-electron chi connectivity index (χ0n) is 15.6. The number of halogens is 3. The molecular weight excluding hydrogens is 507 g/mol. The Labute approximate surface area is 198 Å². The molecule has 3 rings (SSSR count). The highest BCUT2D eigenvalue weighted by Crippen LogP contribution is 2.26. The van der Waals surface area contributed by atoms with Crippen LogP contribution in [0.3, 0.4) is 0 Å². The van der Waals surface area contributed by atoms with Gasteiger partial charge in [-0.2, -0.15) is 0 Å². The average Bonchev–Trinajstić information content (AvgIpc) is 2.72. The first kappa shape index (κ1) is 22.6. The Morgan fingerprint density at radius 2 is 1.77 bits per heavy atom. The average molecular weight is 524 g/mol. The number of nitrogens with one attached hydrogen (secondary N) is 2. The molecule has 0 aliphatic rings. The minimum atomic E-state index is -0.386. The third-order valence-corrected chi connectivity index (χ3v) is 5.52. The summed E-state index contributed by atoms with van der Waals surface area (Å²) in [7, 11) is 0. The Balaban J connectivity index is 1.64.